The van der Waals surface area contributed by atoms with Crippen LogP contribution in [-0.4, -0.2) is 16.5 Å². The lowest BCUT2D eigenvalue weighted by atomic mass is 10.2. The minimum absolute atomic E-state index is 0.809. The predicted octanol–water partition coefficient (Wildman–Crippen LogP) is 4.27. The highest BCUT2D eigenvalue weighted by molar-refractivity contribution is 9.10. The molecule has 0 radical (unpaired) electrons. The van der Waals surface area contributed by atoms with Crippen LogP contribution in [-0.2, 0) is 6.42 Å². The summed E-state index contributed by atoms with van der Waals surface area (Å²) in [5, 5.41) is 5.36. The highest BCUT2D eigenvalue weighted by atomic mass is 79.9. The van der Waals surface area contributed by atoms with Crippen molar-refractivity contribution in [2.24, 2.45) is 0 Å². The molecule has 2 aromatic rings. The average molecular weight is 326 g/mol. The van der Waals surface area contributed by atoms with Crippen molar-refractivity contribution >= 4 is 33.1 Å². The van der Waals surface area contributed by atoms with Crippen molar-refractivity contribution in [2.75, 3.05) is 11.9 Å². The number of rotatable bonds is 4. The van der Waals surface area contributed by atoms with Gasteiger partial charge in [-0.15, -0.1) is 11.3 Å². The molecule has 0 aromatic carbocycles. The highest BCUT2D eigenvalue weighted by Crippen LogP contribution is 2.29. The van der Waals surface area contributed by atoms with E-state index < -0.39 is 0 Å². The number of nitrogens with zero attached hydrogens (tertiary/aromatic N) is 2. The number of aryl methyl sites for hydroxylation is 1. The third-order valence-electron chi connectivity index (χ3n) is 2.71. The largest absolute Gasteiger partial charge is 0.370 e. The Hall–Kier alpha value is -0.940. The van der Waals surface area contributed by atoms with Gasteiger partial charge in [0.2, 0.25) is 0 Å². The molecule has 2 rings (SSSR count). The summed E-state index contributed by atoms with van der Waals surface area (Å²) in [6.45, 7) is 7.15. The van der Waals surface area contributed by atoms with Gasteiger partial charge in [-0.3, -0.25) is 0 Å². The monoisotopic (exact) mass is 325 g/mol. The first-order valence-electron chi connectivity index (χ1n) is 6.01. The van der Waals surface area contributed by atoms with E-state index in [4.69, 9.17) is 0 Å². The van der Waals surface area contributed by atoms with Crippen LogP contribution in [0, 0.1) is 6.92 Å². The van der Waals surface area contributed by atoms with E-state index in [1.807, 2.05) is 0 Å². The van der Waals surface area contributed by atoms with Gasteiger partial charge in [0.15, 0.2) is 5.82 Å². The molecule has 96 valence electrons. The number of thiophene rings is 1. The molecule has 0 aliphatic heterocycles. The zero-order chi connectivity index (χ0) is 13.1. The van der Waals surface area contributed by atoms with Crippen molar-refractivity contribution in [3.63, 3.8) is 0 Å². The summed E-state index contributed by atoms with van der Waals surface area (Å²) in [5.74, 6) is 1.76. The second-order valence-corrected chi connectivity index (χ2v) is 5.81. The molecule has 0 amide bonds. The quantitative estimate of drug-likeness (QED) is 0.912. The summed E-state index contributed by atoms with van der Waals surface area (Å²) >= 11 is 5.12. The van der Waals surface area contributed by atoms with Crippen molar-refractivity contribution < 1.29 is 0 Å². The molecule has 2 heterocycles. The van der Waals surface area contributed by atoms with Gasteiger partial charge in [-0.1, -0.05) is 6.92 Å². The van der Waals surface area contributed by atoms with Crippen LogP contribution in [0.4, 0.5) is 5.82 Å². The summed E-state index contributed by atoms with van der Waals surface area (Å²) in [6, 6.07) is 2.06. The SMILES string of the molecule is CCNc1nc(-c2cc(Br)cs2)nc(CC)c1C. The van der Waals surface area contributed by atoms with Crippen LogP contribution < -0.4 is 5.32 Å². The van der Waals surface area contributed by atoms with Crippen LogP contribution in [0.2, 0.25) is 0 Å². The van der Waals surface area contributed by atoms with E-state index in [0.29, 0.717) is 0 Å². The zero-order valence-electron chi connectivity index (χ0n) is 10.7. The van der Waals surface area contributed by atoms with Crippen LogP contribution in [0.1, 0.15) is 25.1 Å². The Kier molecular flexibility index (Phi) is 4.35. The first kappa shape index (κ1) is 13.5. The molecule has 2 aromatic heterocycles. The fraction of sp³-hybridized carbons (Fsp3) is 0.385. The van der Waals surface area contributed by atoms with Crippen molar-refractivity contribution in [1.82, 2.24) is 9.97 Å². The van der Waals surface area contributed by atoms with E-state index in [0.717, 1.165) is 45.2 Å². The molecule has 0 aliphatic carbocycles. The highest BCUT2D eigenvalue weighted by Gasteiger charge is 2.12. The molecule has 3 nitrogen and oxygen atoms in total. The normalized spacial score (nSPS) is 10.7. The summed E-state index contributed by atoms with van der Waals surface area (Å²) in [4.78, 5) is 10.4. The van der Waals surface area contributed by atoms with Crippen molar-refractivity contribution in [1.29, 1.82) is 0 Å². The Morgan fingerprint density at radius 2 is 2.11 bits per heavy atom. The van der Waals surface area contributed by atoms with Gasteiger partial charge in [0.05, 0.1) is 4.88 Å². The second kappa shape index (κ2) is 5.80. The maximum Gasteiger partial charge on any atom is 0.171 e. The molecule has 1 N–H and O–H groups in total. The summed E-state index contributed by atoms with van der Waals surface area (Å²) in [5.41, 5.74) is 2.26. The van der Waals surface area contributed by atoms with Gasteiger partial charge < -0.3 is 5.32 Å². The third kappa shape index (κ3) is 2.72. The molecule has 0 atom stereocenters. The molecule has 0 bridgehead atoms. The van der Waals surface area contributed by atoms with Crippen LogP contribution in [0.15, 0.2) is 15.9 Å². The van der Waals surface area contributed by atoms with Gasteiger partial charge in [0, 0.05) is 27.7 Å². The lowest BCUT2D eigenvalue weighted by Gasteiger charge is -2.11. The second-order valence-electron chi connectivity index (χ2n) is 3.98. The molecule has 0 aliphatic rings. The fourth-order valence-corrected chi connectivity index (χ4v) is 3.15. The zero-order valence-corrected chi connectivity index (χ0v) is 13.2. The molecular formula is C13H16BrN3S. The van der Waals surface area contributed by atoms with Crippen molar-refractivity contribution in [3.8, 4) is 10.7 Å². The topological polar surface area (TPSA) is 37.8 Å². The minimum atomic E-state index is 0.809. The maximum absolute atomic E-state index is 4.66. The number of anilines is 1. The van der Waals surface area contributed by atoms with E-state index in [2.05, 4.69) is 63.4 Å². The summed E-state index contributed by atoms with van der Waals surface area (Å²) < 4.78 is 1.08. The summed E-state index contributed by atoms with van der Waals surface area (Å²) in [7, 11) is 0. The Bertz CT molecular complexity index is 551. The number of hydrogen-bond donors (Lipinski definition) is 1. The van der Waals surface area contributed by atoms with E-state index in [1.165, 1.54) is 0 Å². The Labute approximate surface area is 120 Å². The van der Waals surface area contributed by atoms with Crippen molar-refractivity contribution in [2.45, 2.75) is 27.2 Å². The van der Waals surface area contributed by atoms with Crippen molar-refractivity contribution in [3.05, 3.63) is 27.2 Å². The van der Waals surface area contributed by atoms with Gasteiger partial charge in [-0.05, 0) is 42.3 Å². The minimum Gasteiger partial charge on any atom is -0.370 e. The number of aromatic nitrogens is 2. The maximum atomic E-state index is 4.66. The molecule has 18 heavy (non-hydrogen) atoms. The molecule has 0 unspecified atom stereocenters. The third-order valence-corrected chi connectivity index (χ3v) is 4.40. The number of halogens is 1. The van der Waals surface area contributed by atoms with Crippen LogP contribution >= 0.6 is 27.3 Å². The van der Waals surface area contributed by atoms with E-state index in [1.54, 1.807) is 11.3 Å². The Balaban J connectivity index is 2.51. The number of nitrogens with one attached hydrogen (secondary N) is 1. The molecule has 0 spiro atoms. The standard InChI is InChI=1S/C13H16BrN3S/c1-4-10-8(3)12(15-5-2)17-13(16-10)11-6-9(14)7-18-11/h6-7H,4-5H2,1-3H3,(H,15,16,17). The molecular weight excluding hydrogens is 310 g/mol. The first-order chi connectivity index (χ1) is 8.65. The molecule has 5 heteroatoms. The molecule has 0 fully saturated rings. The summed E-state index contributed by atoms with van der Waals surface area (Å²) in [6.07, 6.45) is 0.923. The fourth-order valence-electron chi connectivity index (χ4n) is 1.79. The lowest BCUT2D eigenvalue weighted by molar-refractivity contribution is 0.972. The van der Waals surface area contributed by atoms with Gasteiger partial charge in [-0.2, -0.15) is 0 Å². The average Bonchev–Trinajstić information content (AvgIpc) is 2.79. The van der Waals surface area contributed by atoms with Gasteiger partial charge in [0.25, 0.3) is 0 Å². The van der Waals surface area contributed by atoms with Crippen LogP contribution in [0.3, 0.4) is 0 Å². The first-order valence-corrected chi connectivity index (χ1v) is 7.68. The number of hydrogen-bond acceptors (Lipinski definition) is 4. The Morgan fingerprint density at radius 1 is 1.33 bits per heavy atom. The lowest BCUT2D eigenvalue weighted by Crippen LogP contribution is -2.07. The Morgan fingerprint density at radius 3 is 2.67 bits per heavy atom. The molecule has 0 saturated heterocycles. The predicted molar refractivity (Wildman–Crippen MR) is 81.3 cm³/mol. The van der Waals surface area contributed by atoms with E-state index >= 15 is 0 Å². The van der Waals surface area contributed by atoms with Crippen LogP contribution in [0.5, 0.6) is 0 Å². The van der Waals surface area contributed by atoms with Crippen LogP contribution in [0.25, 0.3) is 10.7 Å². The van der Waals surface area contributed by atoms with E-state index in [9.17, 15) is 0 Å². The van der Waals surface area contributed by atoms with E-state index in [-0.39, 0.29) is 0 Å². The van der Waals surface area contributed by atoms with Gasteiger partial charge in [-0.25, -0.2) is 9.97 Å². The molecule has 0 saturated carbocycles. The smallest absolute Gasteiger partial charge is 0.171 e. The van der Waals surface area contributed by atoms with Gasteiger partial charge in [0.1, 0.15) is 5.82 Å². The van der Waals surface area contributed by atoms with Gasteiger partial charge >= 0.3 is 0 Å².